The second kappa shape index (κ2) is 5.10. The van der Waals surface area contributed by atoms with Crippen molar-refractivity contribution < 1.29 is 0 Å². The Balaban J connectivity index is 2.60. The molecule has 0 unspecified atom stereocenters. The highest BCUT2D eigenvalue weighted by Gasteiger charge is 2.04. The minimum atomic E-state index is 0.575. The maximum Gasteiger partial charge on any atom is 0.0992 e. The third-order valence-electron chi connectivity index (χ3n) is 2.22. The molecule has 0 aliphatic rings. The predicted octanol–water partition coefficient (Wildman–Crippen LogP) is 5.29. The van der Waals surface area contributed by atoms with Crippen LogP contribution in [-0.2, 0) is 0 Å². The summed E-state index contributed by atoms with van der Waals surface area (Å²) in [5.41, 5.74) is 2.38. The van der Waals surface area contributed by atoms with Crippen LogP contribution in [0.2, 0.25) is 10.0 Å². The molecule has 4 heteroatoms. The Labute approximate surface area is 118 Å². The lowest BCUT2D eigenvalue weighted by Crippen LogP contribution is -1.82. The van der Waals surface area contributed by atoms with E-state index in [2.05, 4.69) is 22.0 Å². The highest BCUT2D eigenvalue weighted by molar-refractivity contribution is 9.10. The molecule has 0 N–H and O–H groups in total. The topological polar surface area (TPSA) is 23.8 Å². The van der Waals surface area contributed by atoms with Crippen LogP contribution in [0.4, 0.5) is 0 Å². The van der Waals surface area contributed by atoms with E-state index in [1.807, 2.05) is 18.2 Å². The van der Waals surface area contributed by atoms with Gasteiger partial charge in [-0.2, -0.15) is 5.26 Å². The van der Waals surface area contributed by atoms with Crippen molar-refractivity contribution in [3.63, 3.8) is 0 Å². The average Bonchev–Trinajstić information content (AvgIpc) is 2.26. The van der Waals surface area contributed by atoms with E-state index in [0.29, 0.717) is 15.6 Å². The van der Waals surface area contributed by atoms with Gasteiger partial charge in [0.15, 0.2) is 0 Å². The Kier molecular flexibility index (Phi) is 3.73. The zero-order chi connectivity index (χ0) is 12.4. The van der Waals surface area contributed by atoms with Gasteiger partial charge in [0.25, 0.3) is 0 Å². The molecule has 1 nitrogen and oxygen atoms in total. The van der Waals surface area contributed by atoms with Crippen molar-refractivity contribution in [2.45, 2.75) is 0 Å². The monoisotopic (exact) mass is 325 g/mol. The fourth-order valence-corrected chi connectivity index (χ4v) is 2.56. The van der Waals surface area contributed by atoms with Gasteiger partial charge in [0.05, 0.1) is 11.6 Å². The predicted molar refractivity (Wildman–Crippen MR) is 74.3 cm³/mol. The summed E-state index contributed by atoms with van der Waals surface area (Å²) in [5, 5.41) is 10.1. The fourth-order valence-electron chi connectivity index (χ4n) is 1.54. The van der Waals surface area contributed by atoms with E-state index in [0.717, 1.165) is 15.6 Å². The van der Waals surface area contributed by atoms with Crippen molar-refractivity contribution in [2.75, 3.05) is 0 Å². The van der Waals surface area contributed by atoms with Crippen LogP contribution in [-0.4, -0.2) is 0 Å². The number of hydrogen-bond acceptors (Lipinski definition) is 1. The van der Waals surface area contributed by atoms with E-state index in [9.17, 15) is 0 Å². The summed E-state index contributed by atoms with van der Waals surface area (Å²) in [6, 6.07) is 12.9. The molecule has 0 saturated heterocycles. The van der Waals surface area contributed by atoms with E-state index in [1.54, 1.807) is 18.2 Å². The molecule has 0 spiro atoms. The molecule has 0 aromatic heterocycles. The maximum absolute atomic E-state index is 8.92. The molecule has 0 amide bonds. The Morgan fingerprint density at radius 3 is 2.06 bits per heavy atom. The van der Waals surface area contributed by atoms with Crippen LogP contribution < -0.4 is 0 Å². The average molecular weight is 327 g/mol. The molecule has 0 aliphatic carbocycles. The number of hydrogen-bond donors (Lipinski definition) is 0. The quantitative estimate of drug-likeness (QED) is 0.698. The van der Waals surface area contributed by atoms with Gasteiger partial charge < -0.3 is 0 Å². The lowest BCUT2D eigenvalue weighted by molar-refractivity contribution is 1.47. The van der Waals surface area contributed by atoms with Gasteiger partial charge in [0, 0.05) is 14.5 Å². The van der Waals surface area contributed by atoms with Crippen LogP contribution in [0.15, 0.2) is 40.9 Å². The summed E-state index contributed by atoms with van der Waals surface area (Å²) < 4.78 is 0.850. The van der Waals surface area contributed by atoms with Gasteiger partial charge in [-0.15, -0.1) is 0 Å². The van der Waals surface area contributed by atoms with E-state index in [4.69, 9.17) is 28.5 Å². The van der Waals surface area contributed by atoms with Crippen molar-refractivity contribution in [2.24, 2.45) is 0 Å². The first-order valence-corrected chi connectivity index (χ1v) is 6.30. The van der Waals surface area contributed by atoms with Crippen molar-refractivity contribution in [3.05, 3.63) is 56.5 Å². The molecule has 17 heavy (non-hydrogen) atoms. The Morgan fingerprint density at radius 2 is 1.47 bits per heavy atom. The van der Waals surface area contributed by atoms with Crippen LogP contribution in [0.3, 0.4) is 0 Å². The molecule has 0 saturated carbocycles. The van der Waals surface area contributed by atoms with Crippen LogP contribution >= 0.6 is 39.1 Å². The second-order valence-corrected chi connectivity index (χ2v) is 5.29. The molecule has 0 heterocycles. The highest BCUT2D eigenvalue weighted by Crippen LogP contribution is 2.29. The van der Waals surface area contributed by atoms with Gasteiger partial charge in [-0.3, -0.25) is 0 Å². The molecular formula is C13H6BrCl2N. The third kappa shape index (κ3) is 3.01. The van der Waals surface area contributed by atoms with Crippen molar-refractivity contribution >= 4 is 39.1 Å². The van der Waals surface area contributed by atoms with E-state index in [1.165, 1.54) is 0 Å². The SMILES string of the molecule is N#Cc1cc(Br)cc(-c2cc(Cl)cc(Cl)c2)c1. The number of benzene rings is 2. The number of halogens is 3. The molecule has 2 aromatic rings. The first kappa shape index (κ1) is 12.4. The normalized spacial score (nSPS) is 10.0. The summed E-state index contributed by atoms with van der Waals surface area (Å²) in [6.07, 6.45) is 0. The highest BCUT2D eigenvalue weighted by atomic mass is 79.9. The minimum Gasteiger partial charge on any atom is -0.192 e. The zero-order valence-corrected chi connectivity index (χ0v) is 11.6. The summed E-state index contributed by atoms with van der Waals surface area (Å²) in [6.45, 7) is 0. The zero-order valence-electron chi connectivity index (χ0n) is 8.55. The van der Waals surface area contributed by atoms with Crippen molar-refractivity contribution in [1.82, 2.24) is 0 Å². The summed E-state index contributed by atoms with van der Waals surface area (Å²) >= 11 is 15.3. The largest absolute Gasteiger partial charge is 0.192 e. The number of nitriles is 1. The van der Waals surface area contributed by atoms with Crippen molar-refractivity contribution in [3.8, 4) is 17.2 Å². The number of nitrogens with zero attached hydrogens (tertiary/aromatic N) is 1. The number of rotatable bonds is 1. The molecule has 0 radical (unpaired) electrons. The van der Waals surface area contributed by atoms with Gasteiger partial charge in [0.1, 0.15) is 0 Å². The Hall–Kier alpha value is -1.01. The van der Waals surface area contributed by atoms with Crippen LogP contribution in [0.5, 0.6) is 0 Å². The van der Waals surface area contributed by atoms with E-state index >= 15 is 0 Å². The Morgan fingerprint density at radius 1 is 0.882 bits per heavy atom. The molecule has 2 aromatic carbocycles. The molecule has 84 valence electrons. The van der Waals surface area contributed by atoms with Crippen LogP contribution in [0, 0.1) is 11.3 Å². The second-order valence-electron chi connectivity index (χ2n) is 3.50. The summed E-state index contributed by atoms with van der Waals surface area (Å²) in [7, 11) is 0. The molecule has 0 fully saturated rings. The van der Waals surface area contributed by atoms with Gasteiger partial charge in [0.2, 0.25) is 0 Å². The Bertz CT molecular complexity index is 597. The first-order chi connectivity index (χ1) is 8.08. The van der Waals surface area contributed by atoms with Crippen LogP contribution in [0.25, 0.3) is 11.1 Å². The fraction of sp³-hybridized carbons (Fsp3) is 0. The maximum atomic E-state index is 8.92. The minimum absolute atomic E-state index is 0.575. The molecule has 0 bridgehead atoms. The van der Waals surface area contributed by atoms with Crippen molar-refractivity contribution in [1.29, 1.82) is 5.26 Å². The van der Waals surface area contributed by atoms with E-state index in [-0.39, 0.29) is 0 Å². The van der Waals surface area contributed by atoms with Gasteiger partial charge in [-0.1, -0.05) is 39.1 Å². The third-order valence-corrected chi connectivity index (χ3v) is 3.12. The summed E-state index contributed by atoms with van der Waals surface area (Å²) in [4.78, 5) is 0. The molecule has 0 aliphatic heterocycles. The smallest absolute Gasteiger partial charge is 0.0992 e. The standard InChI is InChI=1S/C13H6BrCl2N/c14-11-2-8(7-17)1-9(3-11)10-4-12(15)6-13(16)5-10/h1-6H. The lowest BCUT2D eigenvalue weighted by atomic mass is 10.0. The van der Waals surface area contributed by atoms with Gasteiger partial charge in [-0.25, -0.2) is 0 Å². The molecule has 2 rings (SSSR count). The van der Waals surface area contributed by atoms with Crippen LogP contribution in [0.1, 0.15) is 5.56 Å². The first-order valence-electron chi connectivity index (χ1n) is 4.75. The molecular weight excluding hydrogens is 321 g/mol. The van der Waals surface area contributed by atoms with Gasteiger partial charge >= 0.3 is 0 Å². The molecule has 0 atom stereocenters. The van der Waals surface area contributed by atoms with E-state index < -0.39 is 0 Å². The summed E-state index contributed by atoms with van der Waals surface area (Å²) in [5.74, 6) is 0. The lowest BCUT2D eigenvalue weighted by Gasteiger charge is -2.05. The van der Waals surface area contributed by atoms with Gasteiger partial charge in [-0.05, 0) is 47.5 Å².